The van der Waals surface area contributed by atoms with Gasteiger partial charge in [-0.15, -0.1) is 0 Å². The molecule has 0 saturated carbocycles. The third-order valence-electron chi connectivity index (χ3n) is 1.30. The summed E-state index contributed by atoms with van der Waals surface area (Å²) in [5.41, 5.74) is -1.98. The minimum atomic E-state index is -4.45. The molecule has 0 saturated heterocycles. The lowest BCUT2D eigenvalue weighted by Crippen LogP contribution is -2.31. The Morgan fingerprint density at radius 2 is 2.00 bits per heavy atom. The fourth-order valence-electron chi connectivity index (χ4n) is 0.796. The van der Waals surface area contributed by atoms with Crippen LogP contribution >= 0.6 is 0 Å². The Hall–Kier alpha value is -1.61. The van der Waals surface area contributed by atoms with Gasteiger partial charge in [0.2, 0.25) is 5.88 Å². The average molecular weight is 222 g/mol. The number of hydrogen-bond acceptors (Lipinski definition) is 5. The van der Waals surface area contributed by atoms with Crippen LogP contribution in [0, 0.1) is 0 Å². The predicted molar refractivity (Wildman–Crippen MR) is 44.5 cm³/mol. The molecule has 1 rings (SSSR count). The van der Waals surface area contributed by atoms with Crippen LogP contribution in [0.15, 0.2) is 15.7 Å². The van der Waals surface area contributed by atoms with E-state index in [0.717, 1.165) is 0 Å². The summed E-state index contributed by atoms with van der Waals surface area (Å²) in [6.07, 6.45) is 0. The molecule has 8 nitrogen and oxygen atoms in total. The Balaban J connectivity index is 3.37. The molecule has 3 N–H and O–H groups in total. The maximum absolute atomic E-state index is 10.9. The lowest BCUT2D eigenvalue weighted by Gasteiger charge is -2.03. The number of hydrogen-bond donors (Lipinski definition) is 3. The van der Waals surface area contributed by atoms with Gasteiger partial charge in [0.25, 0.3) is 15.7 Å². The summed E-state index contributed by atoms with van der Waals surface area (Å²) >= 11 is 0. The first kappa shape index (κ1) is 10.5. The van der Waals surface area contributed by atoms with Gasteiger partial charge in [0.15, 0.2) is 5.88 Å². The third kappa shape index (κ3) is 2.44. The van der Waals surface area contributed by atoms with Crippen molar-refractivity contribution < 1.29 is 18.1 Å². The second-order valence-corrected chi connectivity index (χ2v) is 3.86. The van der Waals surface area contributed by atoms with E-state index in [1.807, 2.05) is 0 Å². The second kappa shape index (κ2) is 3.27. The van der Waals surface area contributed by atoms with Crippen LogP contribution in [0.25, 0.3) is 0 Å². The zero-order valence-electron chi connectivity index (χ0n) is 6.67. The summed E-state index contributed by atoms with van der Waals surface area (Å²) in [6, 6.07) is 0.618. The number of aromatic nitrogens is 2. The van der Waals surface area contributed by atoms with Gasteiger partial charge in [-0.05, 0) is 0 Å². The highest BCUT2D eigenvalue weighted by Crippen LogP contribution is 2.01. The molecule has 9 heteroatoms. The van der Waals surface area contributed by atoms with E-state index in [1.54, 1.807) is 4.98 Å². The van der Waals surface area contributed by atoms with Gasteiger partial charge in [0, 0.05) is 0 Å². The first-order valence-electron chi connectivity index (χ1n) is 3.28. The topological polar surface area (TPSA) is 129 Å². The van der Waals surface area contributed by atoms with Crippen molar-refractivity contribution in [3.63, 3.8) is 0 Å². The normalized spacial score (nSPS) is 11.5. The Morgan fingerprint density at radius 3 is 2.43 bits per heavy atom. The molecule has 1 aromatic heterocycles. The summed E-state index contributed by atoms with van der Waals surface area (Å²) < 4.78 is 29.5. The number of nitrogens with zero attached hydrogens (tertiary/aromatic N) is 1. The lowest BCUT2D eigenvalue weighted by atomic mass is 10.6. The number of aromatic amines is 1. The highest BCUT2D eigenvalue weighted by Gasteiger charge is 2.11. The van der Waals surface area contributed by atoms with E-state index in [9.17, 15) is 18.0 Å². The maximum Gasteiger partial charge on any atom is 0.332 e. The Morgan fingerprint density at radius 1 is 1.43 bits per heavy atom. The van der Waals surface area contributed by atoms with E-state index in [2.05, 4.69) is 0 Å². The van der Waals surface area contributed by atoms with Gasteiger partial charge in [-0.25, -0.2) is 9.36 Å². The molecule has 0 aliphatic heterocycles. The molecule has 0 radical (unpaired) electrons. The van der Waals surface area contributed by atoms with E-state index in [1.165, 1.54) is 0 Å². The van der Waals surface area contributed by atoms with E-state index < -0.39 is 33.1 Å². The van der Waals surface area contributed by atoms with Crippen molar-refractivity contribution in [2.45, 2.75) is 5.88 Å². The number of H-pyrrole nitrogens is 1. The van der Waals surface area contributed by atoms with Crippen LogP contribution in [0.2, 0.25) is 0 Å². The first-order chi connectivity index (χ1) is 6.29. The van der Waals surface area contributed by atoms with Crippen LogP contribution < -0.4 is 11.2 Å². The minimum Gasteiger partial charge on any atom is -0.494 e. The van der Waals surface area contributed by atoms with Gasteiger partial charge < -0.3 is 5.11 Å². The van der Waals surface area contributed by atoms with E-state index in [0.29, 0.717) is 10.6 Å². The monoisotopic (exact) mass is 222 g/mol. The van der Waals surface area contributed by atoms with Gasteiger partial charge >= 0.3 is 5.69 Å². The maximum atomic E-state index is 10.9. The molecule has 0 fully saturated rings. The molecule has 0 atom stereocenters. The number of rotatable bonds is 2. The van der Waals surface area contributed by atoms with Gasteiger partial charge in [0.1, 0.15) is 0 Å². The molecule has 0 aromatic carbocycles. The van der Waals surface area contributed by atoms with Crippen molar-refractivity contribution in [1.29, 1.82) is 0 Å². The Labute approximate surface area is 77.2 Å². The van der Waals surface area contributed by atoms with E-state index in [4.69, 9.17) is 9.66 Å². The second-order valence-electron chi connectivity index (χ2n) is 2.44. The molecule has 0 spiro atoms. The van der Waals surface area contributed by atoms with Crippen molar-refractivity contribution in [1.82, 2.24) is 9.55 Å². The Bertz CT molecular complexity index is 552. The molecular weight excluding hydrogens is 216 g/mol. The molecule has 0 amide bonds. The van der Waals surface area contributed by atoms with Crippen LogP contribution in [0.3, 0.4) is 0 Å². The fourth-order valence-corrected chi connectivity index (χ4v) is 1.37. The molecular formula is C5H6N2O6S. The van der Waals surface area contributed by atoms with Gasteiger partial charge in [-0.3, -0.25) is 14.3 Å². The number of nitrogens with one attached hydrogen (secondary N) is 1. The van der Waals surface area contributed by atoms with Gasteiger partial charge in [0.05, 0.1) is 6.07 Å². The largest absolute Gasteiger partial charge is 0.494 e. The smallest absolute Gasteiger partial charge is 0.332 e. The van der Waals surface area contributed by atoms with Crippen LogP contribution in [-0.2, 0) is 16.0 Å². The molecule has 0 bridgehead atoms. The minimum absolute atomic E-state index is 0.302. The van der Waals surface area contributed by atoms with Crippen molar-refractivity contribution >= 4 is 10.1 Å². The van der Waals surface area contributed by atoms with Gasteiger partial charge in [-0.1, -0.05) is 0 Å². The highest BCUT2D eigenvalue weighted by molar-refractivity contribution is 7.84. The standard InChI is InChI=1S/C5H6N2O6S/c8-3-1-4(9)7(5(10)6-3)2-14(11,12)13/h1,9H,2H2,(H,6,8,10)(H,11,12,13). The molecule has 0 aliphatic carbocycles. The summed E-state index contributed by atoms with van der Waals surface area (Å²) in [7, 11) is -4.45. The zero-order chi connectivity index (χ0) is 10.9. The molecule has 14 heavy (non-hydrogen) atoms. The summed E-state index contributed by atoms with van der Waals surface area (Å²) in [5.74, 6) is -1.95. The quantitative estimate of drug-likeness (QED) is 0.500. The third-order valence-corrected chi connectivity index (χ3v) is 1.89. The van der Waals surface area contributed by atoms with Crippen molar-refractivity contribution in [2.75, 3.05) is 0 Å². The molecule has 1 heterocycles. The van der Waals surface area contributed by atoms with Crippen molar-refractivity contribution in [3.05, 3.63) is 26.9 Å². The summed E-state index contributed by atoms with van der Waals surface area (Å²) in [5, 5.41) is 9.00. The number of aromatic hydroxyl groups is 1. The average Bonchev–Trinajstić information content (AvgIpc) is 1.95. The first-order valence-corrected chi connectivity index (χ1v) is 4.89. The van der Waals surface area contributed by atoms with Gasteiger partial charge in [-0.2, -0.15) is 8.42 Å². The lowest BCUT2D eigenvalue weighted by molar-refractivity contribution is 0.403. The SMILES string of the molecule is O=c1cc(O)n(CS(=O)(=O)O)c(=O)[nH]1. The Kier molecular flexibility index (Phi) is 2.45. The van der Waals surface area contributed by atoms with Crippen molar-refractivity contribution in [3.8, 4) is 5.88 Å². The molecule has 0 aliphatic rings. The van der Waals surface area contributed by atoms with Crippen LogP contribution in [0.1, 0.15) is 0 Å². The molecule has 0 unspecified atom stereocenters. The van der Waals surface area contributed by atoms with E-state index >= 15 is 0 Å². The fraction of sp³-hybridized carbons (Fsp3) is 0.200. The summed E-state index contributed by atoms with van der Waals surface area (Å²) in [6.45, 7) is 0. The van der Waals surface area contributed by atoms with Crippen molar-refractivity contribution in [2.24, 2.45) is 0 Å². The summed E-state index contributed by atoms with van der Waals surface area (Å²) in [4.78, 5) is 23.2. The molecule has 1 aromatic rings. The van der Waals surface area contributed by atoms with Crippen LogP contribution in [0.4, 0.5) is 0 Å². The van der Waals surface area contributed by atoms with Crippen LogP contribution in [0.5, 0.6) is 5.88 Å². The predicted octanol–water partition coefficient (Wildman–Crippen LogP) is -1.91. The molecule has 78 valence electrons. The zero-order valence-corrected chi connectivity index (χ0v) is 7.48. The van der Waals surface area contributed by atoms with E-state index in [-0.39, 0.29) is 0 Å². The highest BCUT2D eigenvalue weighted by atomic mass is 32.2. The van der Waals surface area contributed by atoms with Crippen LogP contribution in [-0.4, -0.2) is 27.6 Å².